The van der Waals surface area contributed by atoms with E-state index in [9.17, 15) is 8.78 Å². The molecule has 23 heavy (non-hydrogen) atoms. The molecule has 1 aromatic heterocycles. The number of aryl methyl sites for hydroxylation is 1. The highest BCUT2D eigenvalue weighted by molar-refractivity contribution is 14.0. The molecule has 2 aromatic rings. The molecule has 0 amide bonds. The van der Waals surface area contributed by atoms with E-state index in [1.54, 1.807) is 18.4 Å². The van der Waals surface area contributed by atoms with Gasteiger partial charge in [-0.05, 0) is 43.2 Å². The van der Waals surface area contributed by atoms with Gasteiger partial charge in [0.05, 0.1) is 6.54 Å². The SMILES string of the molecule is CN=C(NCCc1cc(F)cc(F)c1)NCc1ccc(C)s1.I. The Morgan fingerprint density at radius 1 is 1.13 bits per heavy atom. The Morgan fingerprint density at radius 2 is 1.83 bits per heavy atom. The van der Waals surface area contributed by atoms with Crippen molar-refractivity contribution in [2.45, 2.75) is 19.9 Å². The minimum Gasteiger partial charge on any atom is -0.356 e. The number of guanidine groups is 1. The molecule has 0 saturated carbocycles. The van der Waals surface area contributed by atoms with E-state index in [0.29, 0.717) is 31.0 Å². The molecule has 0 atom stereocenters. The Morgan fingerprint density at radius 3 is 2.39 bits per heavy atom. The largest absolute Gasteiger partial charge is 0.356 e. The predicted octanol–water partition coefficient (Wildman–Crippen LogP) is 3.86. The van der Waals surface area contributed by atoms with E-state index >= 15 is 0 Å². The molecule has 0 spiro atoms. The molecule has 3 nitrogen and oxygen atoms in total. The van der Waals surface area contributed by atoms with Gasteiger partial charge in [0.1, 0.15) is 11.6 Å². The van der Waals surface area contributed by atoms with Gasteiger partial charge < -0.3 is 10.6 Å². The van der Waals surface area contributed by atoms with Gasteiger partial charge in [0.15, 0.2) is 5.96 Å². The molecule has 0 radical (unpaired) electrons. The van der Waals surface area contributed by atoms with Gasteiger partial charge in [-0.3, -0.25) is 4.99 Å². The molecule has 0 aliphatic heterocycles. The summed E-state index contributed by atoms with van der Waals surface area (Å²) in [4.78, 5) is 6.63. The second-order valence-electron chi connectivity index (χ2n) is 4.89. The Hall–Kier alpha value is -1.22. The number of nitrogens with zero attached hydrogens (tertiary/aromatic N) is 1. The second-order valence-corrected chi connectivity index (χ2v) is 6.27. The highest BCUT2D eigenvalue weighted by atomic mass is 127. The number of aliphatic imine (C=N–C) groups is 1. The van der Waals surface area contributed by atoms with Crippen LogP contribution in [0.4, 0.5) is 8.78 Å². The molecule has 2 rings (SSSR count). The summed E-state index contributed by atoms with van der Waals surface area (Å²) < 4.78 is 26.2. The van der Waals surface area contributed by atoms with E-state index in [1.165, 1.54) is 21.9 Å². The van der Waals surface area contributed by atoms with Crippen molar-refractivity contribution in [1.29, 1.82) is 0 Å². The number of nitrogens with one attached hydrogen (secondary N) is 2. The quantitative estimate of drug-likeness (QED) is 0.412. The fraction of sp³-hybridized carbons (Fsp3) is 0.312. The van der Waals surface area contributed by atoms with E-state index in [-0.39, 0.29) is 24.0 Å². The van der Waals surface area contributed by atoms with Gasteiger partial charge >= 0.3 is 0 Å². The Labute approximate surface area is 156 Å². The average Bonchev–Trinajstić information content (AvgIpc) is 2.87. The van der Waals surface area contributed by atoms with Gasteiger partial charge in [0.25, 0.3) is 0 Å². The Bertz CT molecular complexity index is 638. The van der Waals surface area contributed by atoms with Crippen LogP contribution >= 0.6 is 35.3 Å². The number of hydrogen-bond acceptors (Lipinski definition) is 2. The van der Waals surface area contributed by atoms with Gasteiger partial charge in [-0.25, -0.2) is 8.78 Å². The lowest BCUT2D eigenvalue weighted by molar-refractivity contribution is 0.579. The van der Waals surface area contributed by atoms with Crippen molar-refractivity contribution in [2.75, 3.05) is 13.6 Å². The summed E-state index contributed by atoms with van der Waals surface area (Å²) in [6.45, 7) is 3.32. The summed E-state index contributed by atoms with van der Waals surface area (Å²) in [5.41, 5.74) is 0.620. The molecule has 0 saturated heterocycles. The smallest absolute Gasteiger partial charge is 0.191 e. The van der Waals surface area contributed by atoms with Gasteiger partial charge in [-0.2, -0.15) is 0 Å². The van der Waals surface area contributed by atoms with Crippen LogP contribution in [0.15, 0.2) is 35.3 Å². The first-order valence-corrected chi connectivity index (χ1v) is 7.83. The summed E-state index contributed by atoms with van der Waals surface area (Å²) in [7, 11) is 1.69. The first kappa shape index (κ1) is 19.8. The van der Waals surface area contributed by atoms with Crippen LogP contribution in [0.5, 0.6) is 0 Å². The van der Waals surface area contributed by atoms with Crippen LogP contribution in [0.25, 0.3) is 0 Å². The Balaban J connectivity index is 0.00000264. The second kappa shape index (κ2) is 9.82. The number of thiophene rings is 1. The van der Waals surface area contributed by atoms with E-state index in [1.807, 2.05) is 0 Å². The lowest BCUT2D eigenvalue weighted by Gasteiger charge is -2.11. The number of rotatable bonds is 5. The topological polar surface area (TPSA) is 36.4 Å². The molecular formula is C16H20F2IN3S. The Kier molecular flexibility index (Phi) is 8.46. The highest BCUT2D eigenvalue weighted by Crippen LogP contribution is 2.14. The molecule has 7 heteroatoms. The van der Waals surface area contributed by atoms with Gasteiger partial charge in [0, 0.05) is 29.4 Å². The van der Waals surface area contributed by atoms with Crippen LogP contribution in [0.2, 0.25) is 0 Å². The molecule has 0 aliphatic carbocycles. The van der Waals surface area contributed by atoms with Gasteiger partial charge in [-0.1, -0.05) is 0 Å². The number of benzene rings is 1. The van der Waals surface area contributed by atoms with Crippen LogP contribution in [-0.2, 0) is 13.0 Å². The van der Waals surface area contributed by atoms with Gasteiger partial charge in [0.2, 0.25) is 0 Å². The fourth-order valence-corrected chi connectivity index (χ4v) is 2.88. The van der Waals surface area contributed by atoms with Crippen LogP contribution in [0.3, 0.4) is 0 Å². The standard InChI is InChI=1S/C16H19F2N3S.HI/c1-11-3-4-15(22-11)10-21-16(19-2)20-6-5-12-7-13(17)9-14(18)8-12;/h3-4,7-9H,5-6,10H2,1-2H3,(H2,19,20,21);1H. The molecule has 0 aliphatic rings. The van der Waals surface area contributed by atoms with Crippen molar-refractivity contribution in [2.24, 2.45) is 4.99 Å². The van der Waals surface area contributed by atoms with Crippen LogP contribution in [0.1, 0.15) is 15.3 Å². The number of hydrogen-bond donors (Lipinski definition) is 2. The maximum atomic E-state index is 13.1. The summed E-state index contributed by atoms with van der Waals surface area (Å²) in [6, 6.07) is 7.72. The van der Waals surface area contributed by atoms with E-state index in [2.05, 4.69) is 34.7 Å². The van der Waals surface area contributed by atoms with E-state index < -0.39 is 11.6 Å². The van der Waals surface area contributed by atoms with Crippen LogP contribution in [-0.4, -0.2) is 19.6 Å². The summed E-state index contributed by atoms with van der Waals surface area (Å²) in [5.74, 6) is -0.431. The van der Waals surface area contributed by atoms with E-state index in [0.717, 1.165) is 6.07 Å². The third-order valence-corrected chi connectivity index (χ3v) is 4.08. The third kappa shape index (κ3) is 6.82. The fourth-order valence-electron chi connectivity index (χ4n) is 2.05. The first-order valence-electron chi connectivity index (χ1n) is 7.01. The molecule has 0 unspecified atom stereocenters. The normalized spacial score (nSPS) is 11.0. The monoisotopic (exact) mass is 451 g/mol. The van der Waals surface area contributed by atoms with E-state index in [4.69, 9.17) is 0 Å². The van der Waals surface area contributed by atoms with Crippen molar-refractivity contribution < 1.29 is 8.78 Å². The maximum Gasteiger partial charge on any atom is 0.191 e. The molecule has 0 fully saturated rings. The van der Waals surface area contributed by atoms with Crippen molar-refractivity contribution in [3.63, 3.8) is 0 Å². The van der Waals surface area contributed by atoms with Crippen molar-refractivity contribution in [3.05, 3.63) is 57.3 Å². The first-order chi connectivity index (χ1) is 10.6. The lowest BCUT2D eigenvalue weighted by atomic mass is 10.1. The zero-order valence-corrected chi connectivity index (χ0v) is 16.2. The molecule has 1 aromatic carbocycles. The lowest BCUT2D eigenvalue weighted by Crippen LogP contribution is -2.37. The summed E-state index contributed by atoms with van der Waals surface area (Å²) >= 11 is 1.74. The zero-order chi connectivity index (χ0) is 15.9. The maximum absolute atomic E-state index is 13.1. The third-order valence-electron chi connectivity index (χ3n) is 3.08. The minimum absolute atomic E-state index is 0. The van der Waals surface area contributed by atoms with Crippen molar-refractivity contribution >= 4 is 41.3 Å². The summed E-state index contributed by atoms with van der Waals surface area (Å²) in [5, 5.41) is 6.34. The number of halogens is 3. The van der Waals surface area contributed by atoms with Crippen LogP contribution in [0, 0.1) is 18.6 Å². The molecular weight excluding hydrogens is 431 g/mol. The minimum atomic E-state index is -0.550. The van der Waals surface area contributed by atoms with Crippen molar-refractivity contribution in [3.8, 4) is 0 Å². The summed E-state index contributed by atoms with van der Waals surface area (Å²) in [6.07, 6.45) is 0.521. The molecule has 0 bridgehead atoms. The van der Waals surface area contributed by atoms with Crippen molar-refractivity contribution in [1.82, 2.24) is 10.6 Å². The van der Waals surface area contributed by atoms with Gasteiger partial charge in [-0.15, -0.1) is 35.3 Å². The predicted molar refractivity (Wildman–Crippen MR) is 103 cm³/mol. The molecule has 2 N–H and O–H groups in total. The highest BCUT2D eigenvalue weighted by Gasteiger charge is 2.03. The molecule has 126 valence electrons. The zero-order valence-electron chi connectivity index (χ0n) is 13.0. The molecule has 1 heterocycles. The van der Waals surface area contributed by atoms with Crippen LogP contribution < -0.4 is 10.6 Å². The average molecular weight is 451 g/mol.